The third kappa shape index (κ3) is 7.35. The molecule has 0 saturated heterocycles. The number of carboxylic acids is 1. The fourth-order valence-electron chi connectivity index (χ4n) is 2.34. The van der Waals surface area contributed by atoms with Gasteiger partial charge < -0.3 is 31.8 Å². The first kappa shape index (κ1) is 23.1. The molecule has 0 bridgehead atoms. The van der Waals surface area contributed by atoms with E-state index < -0.39 is 41.8 Å². The molecule has 11 heteroatoms. The summed E-state index contributed by atoms with van der Waals surface area (Å²) < 4.78 is 0. The van der Waals surface area contributed by atoms with Gasteiger partial charge in [0.05, 0.1) is 18.9 Å². The maximum atomic E-state index is 12.7. The van der Waals surface area contributed by atoms with Crippen molar-refractivity contribution in [2.75, 3.05) is 6.54 Å². The van der Waals surface area contributed by atoms with Crippen LogP contribution >= 0.6 is 0 Å². The molecule has 0 radical (unpaired) electrons. The summed E-state index contributed by atoms with van der Waals surface area (Å²) in [7, 11) is 0. The molecule has 1 aromatic rings. The van der Waals surface area contributed by atoms with Crippen molar-refractivity contribution in [2.24, 2.45) is 11.7 Å². The molecule has 0 aliphatic carbocycles. The van der Waals surface area contributed by atoms with Crippen LogP contribution < -0.4 is 21.7 Å². The Hall–Kier alpha value is -2.95. The first-order valence-electron chi connectivity index (χ1n) is 8.98. The number of H-pyrrole nitrogens is 1. The van der Waals surface area contributed by atoms with E-state index in [1.807, 2.05) is 6.92 Å². The number of imidazole rings is 1. The van der Waals surface area contributed by atoms with Crippen molar-refractivity contribution in [2.45, 2.75) is 51.7 Å². The summed E-state index contributed by atoms with van der Waals surface area (Å²) in [5.74, 6) is -3.21. The molecule has 0 aromatic carbocycles. The van der Waals surface area contributed by atoms with Gasteiger partial charge in [-0.15, -0.1) is 0 Å². The number of nitrogens with zero attached hydrogens (tertiary/aromatic N) is 1. The second kappa shape index (κ2) is 11.0. The van der Waals surface area contributed by atoms with Gasteiger partial charge >= 0.3 is 5.97 Å². The number of hydrogen-bond donors (Lipinski definition) is 6. The highest BCUT2D eigenvalue weighted by atomic mass is 16.4. The number of carbonyl (C=O) groups excluding carboxylic acids is 3. The summed E-state index contributed by atoms with van der Waals surface area (Å²) in [5, 5.41) is 16.7. The quantitative estimate of drug-likeness (QED) is 0.264. The lowest BCUT2D eigenvalue weighted by atomic mass is 9.98. The minimum Gasteiger partial charge on any atom is -0.480 e. The minimum absolute atomic E-state index is 0.0751. The van der Waals surface area contributed by atoms with E-state index in [4.69, 9.17) is 5.73 Å². The molecule has 7 N–H and O–H groups in total. The Morgan fingerprint density at radius 3 is 2.39 bits per heavy atom. The molecule has 0 aliphatic rings. The van der Waals surface area contributed by atoms with Crippen molar-refractivity contribution in [3.05, 3.63) is 18.2 Å². The molecule has 0 saturated carbocycles. The lowest BCUT2D eigenvalue weighted by molar-refractivity contribution is -0.143. The van der Waals surface area contributed by atoms with E-state index in [2.05, 4.69) is 25.9 Å². The Balaban J connectivity index is 2.83. The highest BCUT2D eigenvalue weighted by molar-refractivity contribution is 5.92. The summed E-state index contributed by atoms with van der Waals surface area (Å²) in [6.45, 7) is 4.65. The van der Waals surface area contributed by atoms with E-state index in [1.165, 1.54) is 19.4 Å². The van der Waals surface area contributed by atoms with Crippen LogP contribution in [0.1, 0.15) is 32.9 Å². The van der Waals surface area contributed by atoms with E-state index in [1.54, 1.807) is 6.92 Å². The van der Waals surface area contributed by atoms with Crippen molar-refractivity contribution in [3.8, 4) is 0 Å². The number of aliphatic carboxylic acids is 1. The Morgan fingerprint density at radius 1 is 1.21 bits per heavy atom. The summed E-state index contributed by atoms with van der Waals surface area (Å²) in [4.78, 5) is 54.4. The van der Waals surface area contributed by atoms with Crippen LogP contribution in [0.5, 0.6) is 0 Å². The Kier molecular flexibility index (Phi) is 9.09. The van der Waals surface area contributed by atoms with E-state index in [9.17, 15) is 24.3 Å². The number of carbonyl (C=O) groups is 4. The van der Waals surface area contributed by atoms with Gasteiger partial charge in [-0.25, -0.2) is 9.78 Å². The van der Waals surface area contributed by atoms with Crippen molar-refractivity contribution in [3.63, 3.8) is 0 Å². The van der Waals surface area contributed by atoms with Gasteiger partial charge in [-0.05, 0) is 12.8 Å². The molecular formula is C17H28N6O5. The zero-order chi connectivity index (χ0) is 21.3. The van der Waals surface area contributed by atoms with Crippen LogP contribution in [0.25, 0.3) is 0 Å². The largest absolute Gasteiger partial charge is 0.480 e. The van der Waals surface area contributed by atoms with E-state index >= 15 is 0 Å². The minimum atomic E-state index is -1.15. The van der Waals surface area contributed by atoms with Gasteiger partial charge in [-0.3, -0.25) is 14.4 Å². The zero-order valence-corrected chi connectivity index (χ0v) is 16.2. The molecule has 4 unspecified atom stereocenters. The molecule has 1 rings (SSSR count). The third-order valence-electron chi connectivity index (χ3n) is 4.24. The van der Waals surface area contributed by atoms with Crippen molar-refractivity contribution in [1.29, 1.82) is 0 Å². The molecule has 3 amide bonds. The predicted octanol–water partition coefficient (Wildman–Crippen LogP) is -1.48. The first-order valence-corrected chi connectivity index (χ1v) is 8.98. The summed E-state index contributed by atoms with van der Waals surface area (Å²) in [6, 6.07) is -2.91. The number of hydrogen-bond acceptors (Lipinski definition) is 6. The molecule has 4 atom stereocenters. The van der Waals surface area contributed by atoms with E-state index in [0.717, 1.165) is 0 Å². The molecule has 0 spiro atoms. The van der Waals surface area contributed by atoms with Crippen LogP contribution in [0.15, 0.2) is 12.5 Å². The topological polar surface area (TPSA) is 179 Å². The highest BCUT2D eigenvalue weighted by Crippen LogP contribution is 2.09. The molecule has 156 valence electrons. The predicted molar refractivity (Wildman–Crippen MR) is 99.9 cm³/mol. The molecule has 0 fully saturated rings. The standard InChI is InChI=1S/C17H28N6O5/c1-4-9(2)14(17(27)28)23-16(26)12(5-11-6-19-8-21-11)22-13(24)7-20-15(25)10(3)18/h6,8-10,12,14H,4-5,7,18H2,1-3H3,(H,19,21)(H,20,25)(H,22,24)(H,23,26)(H,27,28). The summed E-state index contributed by atoms with van der Waals surface area (Å²) >= 11 is 0. The lowest BCUT2D eigenvalue weighted by Crippen LogP contribution is -2.55. The molecule has 1 heterocycles. The smallest absolute Gasteiger partial charge is 0.326 e. The van der Waals surface area contributed by atoms with Crippen LogP contribution in [-0.4, -0.2) is 63.4 Å². The number of nitrogens with two attached hydrogens (primary N) is 1. The number of aromatic nitrogens is 2. The normalized spacial score (nSPS) is 15.0. The average molecular weight is 396 g/mol. The van der Waals surface area contributed by atoms with Gasteiger partial charge in [-0.2, -0.15) is 0 Å². The summed E-state index contributed by atoms with van der Waals surface area (Å²) in [6.07, 6.45) is 3.55. The van der Waals surface area contributed by atoms with Gasteiger partial charge in [0.1, 0.15) is 12.1 Å². The Morgan fingerprint density at radius 2 is 1.89 bits per heavy atom. The molecule has 1 aromatic heterocycles. The fraction of sp³-hybridized carbons (Fsp3) is 0.588. The van der Waals surface area contributed by atoms with Crippen LogP contribution in [0.2, 0.25) is 0 Å². The van der Waals surface area contributed by atoms with Gasteiger partial charge in [0, 0.05) is 18.3 Å². The van der Waals surface area contributed by atoms with Crippen LogP contribution in [0, 0.1) is 5.92 Å². The van der Waals surface area contributed by atoms with Gasteiger partial charge in [0.2, 0.25) is 17.7 Å². The molecular weight excluding hydrogens is 368 g/mol. The van der Waals surface area contributed by atoms with Gasteiger partial charge in [0.25, 0.3) is 0 Å². The maximum absolute atomic E-state index is 12.7. The highest BCUT2D eigenvalue weighted by Gasteiger charge is 2.30. The second-order valence-electron chi connectivity index (χ2n) is 6.62. The molecule has 11 nitrogen and oxygen atoms in total. The van der Waals surface area contributed by atoms with Crippen LogP contribution in [-0.2, 0) is 25.6 Å². The molecule has 28 heavy (non-hydrogen) atoms. The SMILES string of the molecule is CCC(C)C(NC(=O)C(Cc1cnc[nH]1)NC(=O)CNC(=O)C(C)N)C(=O)O. The Bertz CT molecular complexity index is 676. The zero-order valence-electron chi connectivity index (χ0n) is 16.2. The lowest BCUT2D eigenvalue weighted by Gasteiger charge is -2.24. The summed E-state index contributed by atoms with van der Waals surface area (Å²) in [5.41, 5.74) is 5.99. The van der Waals surface area contributed by atoms with Crippen molar-refractivity contribution >= 4 is 23.7 Å². The number of rotatable bonds is 11. The Labute approximate surface area is 162 Å². The number of nitrogens with one attached hydrogen (secondary N) is 4. The number of aromatic amines is 1. The van der Waals surface area contributed by atoms with E-state index in [0.29, 0.717) is 12.1 Å². The van der Waals surface area contributed by atoms with E-state index in [-0.39, 0.29) is 18.9 Å². The average Bonchev–Trinajstić information content (AvgIpc) is 3.15. The molecule has 0 aliphatic heterocycles. The monoisotopic (exact) mass is 396 g/mol. The maximum Gasteiger partial charge on any atom is 0.326 e. The van der Waals surface area contributed by atoms with Gasteiger partial charge in [0.15, 0.2) is 0 Å². The van der Waals surface area contributed by atoms with Crippen LogP contribution in [0.3, 0.4) is 0 Å². The van der Waals surface area contributed by atoms with Crippen LogP contribution in [0.4, 0.5) is 0 Å². The number of amides is 3. The van der Waals surface area contributed by atoms with Crippen molar-refractivity contribution in [1.82, 2.24) is 25.9 Å². The third-order valence-corrected chi connectivity index (χ3v) is 4.24. The van der Waals surface area contributed by atoms with Crippen molar-refractivity contribution < 1.29 is 24.3 Å². The van der Waals surface area contributed by atoms with Gasteiger partial charge in [-0.1, -0.05) is 20.3 Å². The second-order valence-corrected chi connectivity index (χ2v) is 6.62. The fourth-order valence-corrected chi connectivity index (χ4v) is 2.34. The number of carboxylic acid groups (broad SMARTS) is 1. The first-order chi connectivity index (χ1) is 13.1.